The van der Waals surface area contributed by atoms with E-state index in [0.29, 0.717) is 33.4 Å². The third-order valence-electron chi connectivity index (χ3n) is 4.37. The summed E-state index contributed by atoms with van der Waals surface area (Å²) in [5.74, 6) is 2.44. The number of ether oxygens (including phenoxy) is 3. The summed E-state index contributed by atoms with van der Waals surface area (Å²) in [7, 11) is 3.18. The molecule has 4 rings (SSSR count). The Balaban J connectivity index is 1.69. The van der Waals surface area contributed by atoms with Gasteiger partial charge in [-0.2, -0.15) is 9.50 Å². The molecule has 0 aliphatic heterocycles. The molecule has 0 atom stereocenters. The molecule has 0 saturated heterocycles. The van der Waals surface area contributed by atoms with Crippen LogP contribution in [0, 0.1) is 0 Å². The van der Waals surface area contributed by atoms with Crippen LogP contribution in [-0.4, -0.2) is 35.4 Å². The summed E-state index contributed by atoms with van der Waals surface area (Å²) in [4.78, 5) is 17.8. The third-order valence-corrected chi connectivity index (χ3v) is 5.33. The minimum absolute atomic E-state index is 0.215. The summed E-state index contributed by atoms with van der Waals surface area (Å²) >= 11 is 1.28. The van der Waals surface area contributed by atoms with E-state index in [9.17, 15) is 4.79 Å². The van der Waals surface area contributed by atoms with Gasteiger partial charge >= 0.3 is 0 Å². The zero-order chi connectivity index (χ0) is 21.1. The van der Waals surface area contributed by atoms with E-state index in [1.54, 1.807) is 32.4 Å². The lowest BCUT2D eigenvalue weighted by molar-refractivity contribution is 0.326. The molecular weight excluding hydrogens is 402 g/mol. The van der Waals surface area contributed by atoms with Gasteiger partial charge in [0.05, 0.1) is 18.8 Å². The summed E-state index contributed by atoms with van der Waals surface area (Å²) in [6.45, 7) is 4.02. The van der Waals surface area contributed by atoms with Crippen LogP contribution in [0.3, 0.4) is 0 Å². The molecule has 2 heterocycles. The third kappa shape index (κ3) is 3.77. The van der Waals surface area contributed by atoms with Gasteiger partial charge in [-0.05, 0) is 48.0 Å². The minimum Gasteiger partial charge on any atom is -0.497 e. The molecule has 0 spiro atoms. The lowest BCUT2D eigenvalue weighted by Gasteiger charge is -2.09. The first kappa shape index (κ1) is 19.7. The first-order chi connectivity index (χ1) is 14.6. The average Bonchev–Trinajstić information content (AvgIpc) is 3.32. The quantitative estimate of drug-likeness (QED) is 0.427. The van der Waals surface area contributed by atoms with E-state index < -0.39 is 0 Å². The Hall–Kier alpha value is -3.65. The van der Waals surface area contributed by atoms with Gasteiger partial charge in [0.25, 0.3) is 5.56 Å². The topological polar surface area (TPSA) is 75.0 Å². The smallest absolute Gasteiger partial charge is 0.291 e. The Kier molecular flexibility index (Phi) is 5.49. The van der Waals surface area contributed by atoms with Crippen LogP contribution < -0.4 is 24.3 Å². The second-order valence-electron chi connectivity index (χ2n) is 6.28. The fourth-order valence-electron chi connectivity index (χ4n) is 2.89. The lowest BCUT2D eigenvalue weighted by Crippen LogP contribution is -2.23. The van der Waals surface area contributed by atoms with Crippen molar-refractivity contribution in [2.75, 3.05) is 20.8 Å². The molecule has 0 saturated carbocycles. The minimum atomic E-state index is -0.215. The monoisotopic (exact) mass is 421 g/mol. The second kappa shape index (κ2) is 8.38. The molecule has 0 radical (unpaired) electrons. The van der Waals surface area contributed by atoms with Gasteiger partial charge in [0.2, 0.25) is 4.96 Å². The molecule has 2 aromatic heterocycles. The highest BCUT2D eigenvalue weighted by Gasteiger charge is 2.12. The van der Waals surface area contributed by atoms with E-state index in [2.05, 4.69) is 16.7 Å². The van der Waals surface area contributed by atoms with Gasteiger partial charge in [0.1, 0.15) is 12.4 Å². The predicted molar refractivity (Wildman–Crippen MR) is 117 cm³/mol. The molecule has 7 nitrogen and oxygen atoms in total. The van der Waals surface area contributed by atoms with E-state index in [-0.39, 0.29) is 5.56 Å². The number of hydrogen-bond donors (Lipinski definition) is 0. The number of fused-ring (bicyclic) bond motifs is 1. The average molecular weight is 421 g/mol. The Morgan fingerprint density at radius 1 is 1.10 bits per heavy atom. The van der Waals surface area contributed by atoms with Gasteiger partial charge in [0, 0.05) is 5.56 Å². The Labute approximate surface area is 176 Å². The highest BCUT2D eigenvalue weighted by molar-refractivity contribution is 7.15. The van der Waals surface area contributed by atoms with Gasteiger partial charge in [-0.15, -0.1) is 5.10 Å². The molecule has 2 aromatic carbocycles. The first-order valence-corrected chi connectivity index (χ1v) is 9.92. The van der Waals surface area contributed by atoms with Crippen molar-refractivity contribution in [1.82, 2.24) is 14.6 Å². The fraction of sp³-hybridized carbons (Fsp3) is 0.136. The summed E-state index contributed by atoms with van der Waals surface area (Å²) < 4.78 is 18.0. The van der Waals surface area contributed by atoms with E-state index in [4.69, 9.17) is 14.2 Å². The van der Waals surface area contributed by atoms with Crippen LogP contribution >= 0.6 is 11.3 Å². The van der Waals surface area contributed by atoms with E-state index in [1.807, 2.05) is 36.4 Å². The number of hydrogen-bond acceptors (Lipinski definition) is 7. The van der Waals surface area contributed by atoms with Crippen LogP contribution in [-0.2, 0) is 0 Å². The zero-order valence-corrected chi connectivity index (χ0v) is 17.3. The van der Waals surface area contributed by atoms with Crippen molar-refractivity contribution in [1.29, 1.82) is 0 Å². The van der Waals surface area contributed by atoms with Crippen molar-refractivity contribution in [3.05, 3.63) is 75.6 Å². The normalized spacial score (nSPS) is 11.6. The van der Waals surface area contributed by atoms with Crippen LogP contribution in [0.2, 0.25) is 0 Å². The summed E-state index contributed by atoms with van der Waals surface area (Å²) in [6, 6.07) is 12.9. The number of rotatable bonds is 7. The standard InChI is InChI=1S/C22H19N3O4S/c1-4-11-29-17-10-5-14(12-18(17)28-3)13-19-21(26)25-22(30-19)23-20(24-25)15-6-8-16(27-2)9-7-15/h4-10,12-13H,1,11H2,2-3H3. The molecule has 0 aliphatic carbocycles. The number of methoxy groups -OCH3 is 2. The van der Waals surface area contributed by atoms with Crippen LogP contribution in [0.15, 0.2) is 59.9 Å². The zero-order valence-electron chi connectivity index (χ0n) is 16.5. The highest BCUT2D eigenvalue weighted by Crippen LogP contribution is 2.28. The number of thiazole rings is 1. The Morgan fingerprint density at radius 3 is 2.57 bits per heavy atom. The summed E-state index contributed by atoms with van der Waals surface area (Å²) in [5, 5.41) is 4.37. The predicted octanol–water partition coefficient (Wildman–Crippen LogP) is 2.95. The van der Waals surface area contributed by atoms with Gasteiger partial charge in [-0.1, -0.05) is 30.1 Å². The molecule has 0 unspecified atom stereocenters. The molecule has 0 amide bonds. The summed E-state index contributed by atoms with van der Waals surface area (Å²) in [5.41, 5.74) is 1.42. The van der Waals surface area contributed by atoms with Crippen molar-refractivity contribution >= 4 is 22.4 Å². The maximum atomic E-state index is 12.8. The molecule has 4 aromatic rings. The lowest BCUT2D eigenvalue weighted by atomic mass is 10.2. The van der Waals surface area contributed by atoms with Crippen molar-refractivity contribution in [3.63, 3.8) is 0 Å². The molecule has 30 heavy (non-hydrogen) atoms. The van der Waals surface area contributed by atoms with E-state index >= 15 is 0 Å². The number of nitrogens with zero attached hydrogens (tertiary/aromatic N) is 3. The van der Waals surface area contributed by atoms with Crippen molar-refractivity contribution in [2.24, 2.45) is 0 Å². The van der Waals surface area contributed by atoms with Gasteiger partial charge < -0.3 is 14.2 Å². The van der Waals surface area contributed by atoms with Gasteiger partial charge in [-0.25, -0.2) is 0 Å². The maximum Gasteiger partial charge on any atom is 0.291 e. The molecule has 0 N–H and O–H groups in total. The van der Waals surface area contributed by atoms with Gasteiger partial charge in [-0.3, -0.25) is 4.79 Å². The van der Waals surface area contributed by atoms with Gasteiger partial charge in [0.15, 0.2) is 17.3 Å². The molecule has 0 bridgehead atoms. The Bertz CT molecular complexity index is 1310. The van der Waals surface area contributed by atoms with Crippen molar-refractivity contribution in [2.45, 2.75) is 0 Å². The molecule has 0 fully saturated rings. The molecule has 8 heteroatoms. The molecular formula is C22H19N3O4S. The van der Waals surface area contributed by atoms with Crippen LogP contribution in [0.5, 0.6) is 17.2 Å². The maximum absolute atomic E-state index is 12.8. The van der Waals surface area contributed by atoms with Crippen LogP contribution in [0.1, 0.15) is 5.56 Å². The largest absolute Gasteiger partial charge is 0.497 e. The highest BCUT2D eigenvalue weighted by atomic mass is 32.1. The second-order valence-corrected chi connectivity index (χ2v) is 7.29. The Morgan fingerprint density at radius 2 is 1.90 bits per heavy atom. The molecule has 0 aliphatic rings. The first-order valence-electron chi connectivity index (χ1n) is 9.10. The fourth-order valence-corrected chi connectivity index (χ4v) is 3.80. The molecule has 152 valence electrons. The van der Waals surface area contributed by atoms with E-state index in [1.165, 1.54) is 15.9 Å². The number of benzene rings is 2. The van der Waals surface area contributed by atoms with Crippen LogP contribution in [0.25, 0.3) is 22.4 Å². The summed E-state index contributed by atoms with van der Waals surface area (Å²) in [6.07, 6.45) is 3.45. The van der Waals surface area contributed by atoms with Crippen molar-refractivity contribution in [3.8, 4) is 28.6 Å². The SMILES string of the molecule is C=CCOc1ccc(C=c2sc3nc(-c4ccc(OC)cc4)nn3c2=O)cc1OC. The van der Waals surface area contributed by atoms with E-state index in [0.717, 1.165) is 16.9 Å². The van der Waals surface area contributed by atoms with Crippen LogP contribution in [0.4, 0.5) is 0 Å². The number of aromatic nitrogens is 3. The van der Waals surface area contributed by atoms with Crippen molar-refractivity contribution < 1.29 is 14.2 Å².